The standard InChI is InChI=1S/C12H12N2O/c13-11-7-15-14-12(11)10-5-8-3-1-2-4-9(8)6-10/h1-4,7,10H,5-6,13H2. The van der Waals surface area contributed by atoms with Crippen LogP contribution >= 0.6 is 0 Å². The van der Waals surface area contributed by atoms with E-state index in [9.17, 15) is 0 Å². The summed E-state index contributed by atoms with van der Waals surface area (Å²) in [4.78, 5) is 0. The Balaban J connectivity index is 1.94. The Morgan fingerprint density at radius 2 is 1.87 bits per heavy atom. The number of benzene rings is 1. The van der Waals surface area contributed by atoms with Crippen LogP contribution < -0.4 is 5.73 Å². The van der Waals surface area contributed by atoms with E-state index in [2.05, 4.69) is 29.4 Å². The minimum Gasteiger partial charge on any atom is -0.395 e. The highest BCUT2D eigenvalue weighted by atomic mass is 16.5. The van der Waals surface area contributed by atoms with Gasteiger partial charge in [-0.05, 0) is 24.0 Å². The predicted octanol–water partition coefficient (Wildman–Crippen LogP) is 2.14. The van der Waals surface area contributed by atoms with E-state index in [1.165, 1.54) is 17.4 Å². The molecule has 3 nitrogen and oxygen atoms in total. The molecule has 0 aliphatic heterocycles. The van der Waals surface area contributed by atoms with Crippen molar-refractivity contribution >= 4 is 5.69 Å². The molecule has 0 bridgehead atoms. The second-order valence-electron chi connectivity index (χ2n) is 4.03. The van der Waals surface area contributed by atoms with Crippen LogP contribution in [0, 0.1) is 0 Å². The zero-order valence-electron chi connectivity index (χ0n) is 8.31. The molecule has 2 aromatic rings. The first-order valence-electron chi connectivity index (χ1n) is 5.11. The number of fused-ring (bicyclic) bond motifs is 1. The minimum atomic E-state index is 0.390. The Bertz CT molecular complexity index is 465. The zero-order chi connectivity index (χ0) is 10.3. The first-order valence-corrected chi connectivity index (χ1v) is 5.11. The molecule has 1 aliphatic carbocycles. The molecule has 0 atom stereocenters. The molecule has 0 saturated carbocycles. The van der Waals surface area contributed by atoms with Crippen molar-refractivity contribution in [2.45, 2.75) is 18.8 Å². The summed E-state index contributed by atoms with van der Waals surface area (Å²) in [7, 11) is 0. The van der Waals surface area contributed by atoms with Gasteiger partial charge in [-0.3, -0.25) is 0 Å². The highest BCUT2D eigenvalue weighted by molar-refractivity contribution is 5.45. The molecule has 3 heteroatoms. The fourth-order valence-electron chi connectivity index (χ4n) is 2.32. The third-order valence-corrected chi connectivity index (χ3v) is 3.06. The van der Waals surface area contributed by atoms with Crippen molar-refractivity contribution < 1.29 is 4.52 Å². The lowest BCUT2D eigenvalue weighted by molar-refractivity contribution is 0.405. The number of nitrogens with two attached hydrogens (primary N) is 1. The van der Waals surface area contributed by atoms with Crippen LogP contribution in [0.5, 0.6) is 0 Å². The van der Waals surface area contributed by atoms with Gasteiger partial charge in [0.2, 0.25) is 0 Å². The van der Waals surface area contributed by atoms with Gasteiger partial charge in [0.05, 0.1) is 5.69 Å². The van der Waals surface area contributed by atoms with E-state index in [0.29, 0.717) is 11.6 Å². The predicted molar refractivity (Wildman–Crippen MR) is 57.5 cm³/mol. The topological polar surface area (TPSA) is 52.0 Å². The van der Waals surface area contributed by atoms with Gasteiger partial charge in [0.25, 0.3) is 0 Å². The number of anilines is 1. The zero-order valence-corrected chi connectivity index (χ0v) is 8.31. The van der Waals surface area contributed by atoms with Crippen molar-refractivity contribution in [1.29, 1.82) is 0 Å². The number of hydrogen-bond acceptors (Lipinski definition) is 3. The van der Waals surface area contributed by atoms with Crippen molar-refractivity contribution in [2.24, 2.45) is 0 Å². The van der Waals surface area contributed by atoms with Crippen LogP contribution in [0.3, 0.4) is 0 Å². The molecular weight excluding hydrogens is 188 g/mol. The Kier molecular flexibility index (Phi) is 1.78. The first kappa shape index (κ1) is 8.53. The van der Waals surface area contributed by atoms with Crippen LogP contribution in [0.2, 0.25) is 0 Å². The van der Waals surface area contributed by atoms with E-state index in [-0.39, 0.29) is 0 Å². The molecule has 0 saturated heterocycles. The highest BCUT2D eigenvalue weighted by Crippen LogP contribution is 2.35. The van der Waals surface area contributed by atoms with Crippen LogP contribution in [0.15, 0.2) is 35.1 Å². The number of nitrogens with zero attached hydrogens (tertiary/aromatic N) is 1. The monoisotopic (exact) mass is 200 g/mol. The van der Waals surface area contributed by atoms with E-state index >= 15 is 0 Å². The molecule has 2 N–H and O–H groups in total. The van der Waals surface area contributed by atoms with E-state index in [4.69, 9.17) is 10.3 Å². The average Bonchev–Trinajstić information content (AvgIpc) is 2.82. The maximum Gasteiger partial charge on any atom is 0.147 e. The smallest absolute Gasteiger partial charge is 0.147 e. The second-order valence-corrected chi connectivity index (χ2v) is 4.03. The molecule has 0 spiro atoms. The van der Waals surface area contributed by atoms with E-state index in [0.717, 1.165) is 18.5 Å². The lowest BCUT2D eigenvalue weighted by Crippen LogP contribution is -2.01. The molecule has 15 heavy (non-hydrogen) atoms. The van der Waals surface area contributed by atoms with Gasteiger partial charge in [-0.25, -0.2) is 0 Å². The summed E-state index contributed by atoms with van der Waals surface area (Å²) in [6.07, 6.45) is 3.55. The molecule has 0 unspecified atom stereocenters. The number of rotatable bonds is 1. The fourth-order valence-corrected chi connectivity index (χ4v) is 2.32. The average molecular weight is 200 g/mol. The molecule has 0 radical (unpaired) electrons. The Labute approximate surface area is 87.9 Å². The van der Waals surface area contributed by atoms with Crippen molar-refractivity contribution in [3.8, 4) is 0 Å². The number of hydrogen-bond donors (Lipinski definition) is 1. The molecule has 1 aromatic carbocycles. The Hall–Kier alpha value is -1.77. The van der Waals surface area contributed by atoms with Crippen LogP contribution in [-0.2, 0) is 12.8 Å². The first-order chi connectivity index (χ1) is 7.34. The molecule has 1 aromatic heterocycles. The number of nitrogen functional groups attached to an aromatic ring is 1. The van der Waals surface area contributed by atoms with Gasteiger partial charge >= 0.3 is 0 Å². The molecule has 0 amide bonds. The molecule has 1 aliphatic rings. The molecule has 1 heterocycles. The molecule has 3 rings (SSSR count). The van der Waals surface area contributed by atoms with Gasteiger partial charge in [0.1, 0.15) is 12.0 Å². The quantitative estimate of drug-likeness (QED) is 0.767. The van der Waals surface area contributed by atoms with E-state index < -0.39 is 0 Å². The minimum absolute atomic E-state index is 0.390. The van der Waals surface area contributed by atoms with Crippen LogP contribution in [0.1, 0.15) is 22.7 Å². The SMILES string of the molecule is Nc1conc1C1Cc2ccccc2C1. The molecular formula is C12H12N2O. The van der Waals surface area contributed by atoms with E-state index in [1.807, 2.05) is 0 Å². The van der Waals surface area contributed by atoms with Crippen molar-refractivity contribution in [3.63, 3.8) is 0 Å². The van der Waals surface area contributed by atoms with Crippen molar-refractivity contribution in [2.75, 3.05) is 5.73 Å². The summed E-state index contributed by atoms with van der Waals surface area (Å²) in [6, 6.07) is 8.50. The fraction of sp³-hybridized carbons (Fsp3) is 0.250. The highest BCUT2D eigenvalue weighted by Gasteiger charge is 2.26. The van der Waals surface area contributed by atoms with Gasteiger partial charge in [0, 0.05) is 5.92 Å². The van der Waals surface area contributed by atoms with Gasteiger partial charge in [-0.15, -0.1) is 0 Å². The summed E-state index contributed by atoms with van der Waals surface area (Å²) in [5.41, 5.74) is 10.2. The maximum atomic E-state index is 5.80. The molecule has 0 fully saturated rings. The second kappa shape index (κ2) is 3.12. The third-order valence-electron chi connectivity index (χ3n) is 3.06. The van der Waals surface area contributed by atoms with Gasteiger partial charge in [-0.1, -0.05) is 29.4 Å². The van der Waals surface area contributed by atoms with Crippen LogP contribution in [0.25, 0.3) is 0 Å². The Morgan fingerprint density at radius 3 is 2.40 bits per heavy atom. The lowest BCUT2D eigenvalue weighted by atomic mass is 10.0. The third kappa shape index (κ3) is 1.31. The summed E-state index contributed by atoms with van der Waals surface area (Å²) in [5, 5.41) is 3.98. The van der Waals surface area contributed by atoms with Crippen LogP contribution in [-0.4, -0.2) is 5.16 Å². The lowest BCUT2D eigenvalue weighted by Gasteiger charge is -2.04. The van der Waals surface area contributed by atoms with Crippen LogP contribution in [0.4, 0.5) is 5.69 Å². The molecule has 76 valence electrons. The van der Waals surface area contributed by atoms with Gasteiger partial charge in [0.15, 0.2) is 0 Å². The normalized spacial score (nSPS) is 15.5. The summed E-state index contributed by atoms with van der Waals surface area (Å²) >= 11 is 0. The summed E-state index contributed by atoms with van der Waals surface area (Å²) in [6.45, 7) is 0. The van der Waals surface area contributed by atoms with E-state index in [1.54, 1.807) is 0 Å². The van der Waals surface area contributed by atoms with Gasteiger partial charge < -0.3 is 10.3 Å². The maximum absolute atomic E-state index is 5.80. The summed E-state index contributed by atoms with van der Waals surface area (Å²) < 4.78 is 4.88. The Morgan fingerprint density at radius 1 is 1.20 bits per heavy atom. The largest absolute Gasteiger partial charge is 0.395 e. The van der Waals surface area contributed by atoms with Crippen molar-refractivity contribution in [1.82, 2.24) is 5.16 Å². The van der Waals surface area contributed by atoms with Crippen molar-refractivity contribution in [3.05, 3.63) is 47.3 Å². The van der Waals surface area contributed by atoms with Gasteiger partial charge in [-0.2, -0.15) is 0 Å². The number of aromatic nitrogens is 1. The summed E-state index contributed by atoms with van der Waals surface area (Å²) in [5.74, 6) is 0.390.